The molecule has 2 aliphatic carbocycles. The minimum atomic E-state index is -0.334. The van der Waals surface area contributed by atoms with Crippen molar-refractivity contribution in [2.24, 2.45) is 17.8 Å². The molecular weight excluding hydrogens is 222 g/mol. The highest BCUT2D eigenvalue weighted by atomic mass is 16.3. The van der Waals surface area contributed by atoms with Crippen molar-refractivity contribution in [2.45, 2.75) is 63.9 Å². The summed E-state index contributed by atoms with van der Waals surface area (Å²) < 4.78 is 0. The van der Waals surface area contributed by atoms with E-state index in [0.717, 1.165) is 50.1 Å². The highest BCUT2D eigenvalue weighted by Gasteiger charge is 2.43. The Hall–Kier alpha value is -0.0800. The maximum absolute atomic E-state index is 10.9. The maximum atomic E-state index is 10.9. The summed E-state index contributed by atoms with van der Waals surface area (Å²) in [4.78, 5) is 2.50. The van der Waals surface area contributed by atoms with E-state index in [0.29, 0.717) is 0 Å². The molecule has 1 heterocycles. The molecule has 4 atom stereocenters. The second-order valence-corrected chi connectivity index (χ2v) is 7.15. The van der Waals surface area contributed by atoms with Crippen molar-refractivity contribution in [3.8, 4) is 0 Å². The Morgan fingerprint density at radius 3 is 2.72 bits per heavy atom. The van der Waals surface area contributed by atoms with Crippen LogP contribution in [0.25, 0.3) is 0 Å². The van der Waals surface area contributed by atoms with E-state index < -0.39 is 0 Å². The van der Waals surface area contributed by atoms with Gasteiger partial charge in [-0.3, -0.25) is 0 Å². The number of likely N-dealkylation sites (tertiary alicyclic amines) is 1. The molecule has 1 N–H and O–H groups in total. The Bertz CT molecular complexity index is 293. The lowest BCUT2D eigenvalue weighted by molar-refractivity contribution is -0.00570. The topological polar surface area (TPSA) is 23.5 Å². The van der Waals surface area contributed by atoms with E-state index in [-0.39, 0.29) is 5.60 Å². The molecule has 0 amide bonds. The number of aliphatic hydroxyl groups is 1. The van der Waals surface area contributed by atoms with Crippen molar-refractivity contribution < 1.29 is 5.11 Å². The van der Waals surface area contributed by atoms with Gasteiger partial charge in [-0.1, -0.05) is 13.3 Å². The van der Waals surface area contributed by atoms with Crippen LogP contribution in [-0.2, 0) is 0 Å². The van der Waals surface area contributed by atoms with Gasteiger partial charge in [-0.25, -0.2) is 0 Å². The summed E-state index contributed by atoms with van der Waals surface area (Å²) in [6.45, 7) is 5.67. The molecule has 0 aromatic carbocycles. The van der Waals surface area contributed by atoms with Crippen molar-refractivity contribution in [3.05, 3.63) is 0 Å². The van der Waals surface area contributed by atoms with E-state index in [2.05, 4.69) is 11.8 Å². The average molecular weight is 251 g/mol. The van der Waals surface area contributed by atoms with Crippen LogP contribution in [0, 0.1) is 17.8 Å². The summed E-state index contributed by atoms with van der Waals surface area (Å²) in [6, 6.07) is 0. The highest BCUT2D eigenvalue weighted by molar-refractivity contribution is 4.95. The van der Waals surface area contributed by atoms with Crippen molar-refractivity contribution >= 4 is 0 Å². The van der Waals surface area contributed by atoms with Gasteiger partial charge >= 0.3 is 0 Å². The molecule has 2 bridgehead atoms. The Labute approximate surface area is 112 Å². The molecule has 4 unspecified atom stereocenters. The Morgan fingerprint density at radius 2 is 2.06 bits per heavy atom. The van der Waals surface area contributed by atoms with Gasteiger partial charge in [-0.15, -0.1) is 0 Å². The molecule has 3 rings (SSSR count). The first-order valence-corrected chi connectivity index (χ1v) is 8.13. The van der Waals surface area contributed by atoms with E-state index in [1.54, 1.807) is 0 Å². The summed E-state index contributed by atoms with van der Waals surface area (Å²) in [5.74, 6) is 2.83. The zero-order chi connectivity index (χ0) is 12.6. The van der Waals surface area contributed by atoms with Crippen LogP contribution in [0.3, 0.4) is 0 Å². The first-order valence-electron chi connectivity index (χ1n) is 8.13. The third kappa shape index (κ3) is 2.60. The second-order valence-electron chi connectivity index (χ2n) is 7.15. The molecular formula is C16H29NO. The number of rotatable bonds is 3. The van der Waals surface area contributed by atoms with Gasteiger partial charge in [0.2, 0.25) is 0 Å². The Balaban J connectivity index is 1.57. The second kappa shape index (κ2) is 5.13. The van der Waals surface area contributed by atoms with Crippen molar-refractivity contribution in [1.29, 1.82) is 0 Å². The SMILES string of the molecule is CCN1CCCC(O)(CC2CC3CCC2C3)CC1. The average Bonchev–Trinajstić information content (AvgIpc) is 2.90. The third-order valence-electron chi connectivity index (χ3n) is 5.98. The predicted octanol–water partition coefficient (Wildman–Crippen LogP) is 3.05. The maximum Gasteiger partial charge on any atom is 0.0663 e. The largest absolute Gasteiger partial charge is 0.390 e. The van der Waals surface area contributed by atoms with Crippen LogP contribution in [-0.4, -0.2) is 35.2 Å². The van der Waals surface area contributed by atoms with Crippen LogP contribution in [0.2, 0.25) is 0 Å². The van der Waals surface area contributed by atoms with Crippen LogP contribution in [0.15, 0.2) is 0 Å². The van der Waals surface area contributed by atoms with Gasteiger partial charge in [0.05, 0.1) is 5.60 Å². The van der Waals surface area contributed by atoms with E-state index in [4.69, 9.17) is 0 Å². The van der Waals surface area contributed by atoms with Crippen molar-refractivity contribution in [2.75, 3.05) is 19.6 Å². The number of hydrogen-bond donors (Lipinski definition) is 1. The van der Waals surface area contributed by atoms with Crippen LogP contribution in [0.5, 0.6) is 0 Å². The first-order chi connectivity index (χ1) is 8.68. The molecule has 0 aromatic heterocycles. The third-order valence-corrected chi connectivity index (χ3v) is 5.98. The highest BCUT2D eigenvalue weighted by Crippen LogP contribution is 2.51. The van der Waals surface area contributed by atoms with Gasteiger partial charge in [0.25, 0.3) is 0 Å². The molecule has 18 heavy (non-hydrogen) atoms. The first kappa shape index (κ1) is 12.9. The Morgan fingerprint density at radius 1 is 1.17 bits per heavy atom. The molecule has 0 aromatic rings. The minimum Gasteiger partial charge on any atom is -0.390 e. The lowest BCUT2D eigenvalue weighted by Gasteiger charge is -2.33. The normalized spacial score (nSPS) is 45.3. The van der Waals surface area contributed by atoms with Crippen molar-refractivity contribution in [3.63, 3.8) is 0 Å². The quantitative estimate of drug-likeness (QED) is 0.833. The Kier molecular flexibility index (Phi) is 3.68. The zero-order valence-corrected chi connectivity index (χ0v) is 11.9. The van der Waals surface area contributed by atoms with Gasteiger partial charge in [-0.2, -0.15) is 0 Å². The summed E-state index contributed by atoms with van der Waals surface area (Å²) in [5, 5.41) is 10.9. The molecule has 2 heteroatoms. The predicted molar refractivity (Wildman–Crippen MR) is 74.5 cm³/mol. The zero-order valence-electron chi connectivity index (χ0n) is 11.9. The smallest absolute Gasteiger partial charge is 0.0663 e. The molecule has 0 spiro atoms. The number of nitrogens with zero attached hydrogens (tertiary/aromatic N) is 1. The molecule has 3 aliphatic rings. The van der Waals surface area contributed by atoms with Crippen LogP contribution < -0.4 is 0 Å². The van der Waals surface area contributed by atoms with Gasteiger partial charge < -0.3 is 10.0 Å². The summed E-state index contributed by atoms with van der Waals surface area (Å²) >= 11 is 0. The van der Waals surface area contributed by atoms with Crippen LogP contribution in [0.1, 0.15) is 58.3 Å². The van der Waals surface area contributed by atoms with Gasteiger partial charge in [0, 0.05) is 6.54 Å². The fourth-order valence-corrected chi connectivity index (χ4v) is 4.87. The molecule has 2 nitrogen and oxygen atoms in total. The molecule has 0 radical (unpaired) electrons. The lowest BCUT2D eigenvalue weighted by atomic mass is 9.77. The van der Waals surface area contributed by atoms with E-state index in [1.165, 1.54) is 38.6 Å². The molecule has 1 aliphatic heterocycles. The summed E-state index contributed by atoms with van der Waals surface area (Å²) in [6.07, 6.45) is 10.2. The van der Waals surface area contributed by atoms with Gasteiger partial charge in [0.1, 0.15) is 0 Å². The van der Waals surface area contributed by atoms with Gasteiger partial charge in [-0.05, 0) is 75.8 Å². The summed E-state index contributed by atoms with van der Waals surface area (Å²) in [5.41, 5.74) is -0.334. The van der Waals surface area contributed by atoms with Crippen molar-refractivity contribution in [1.82, 2.24) is 4.90 Å². The van der Waals surface area contributed by atoms with E-state index in [1.807, 2.05) is 0 Å². The lowest BCUT2D eigenvalue weighted by Crippen LogP contribution is -2.34. The molecule has 104 valence electrons. The van der Waals surface area contributed by atoms with E-state index in [9.17, 15) is 5.11 Å². The standard InChI is InChI=1S/C16H29NO/c1-2-17-8-3-6-16(18,7-9-17)12-15-11-13-4-5-14(15)10-13/h13-15,18H,2-12H2,1H3. The fraction of sp³-hybridized carbons (Fsp3) is 1.00. The van der Waals surface area contributed by atoms with Crippen LogP contribution in [0.4, 0.5) is 0 Å². The fourth-order valence-electron chi connectivity index (χ4n) is 4.87. The molecule has 3 fully saturated rings. The number of fused-ring (bicyclic) bond motifs is 2. The minimum absolute atomic E-state index is 0.334. The molecule has 2 saturated carbocycles. The summed E-state index contributed by atoms with van der Waals surface area (Å²) in [7, 11) is 0. The number of hydrogen-bond acceptors (Lipinski definition) is 2. The van der Waals surface area contributed by atoms with Gasteiger partial charge in [0.15, 0.2) is 0 Å². The monoisotopic (exact) mass is 251 g/mol. The molecule has 1 saturated heterocycles. The van der Waals surface area contributed by atoms with E-state index >= 15 is 0 Å². The van der Waals surface area contributed by atoms with Crippen LogP contribution >= 0.6 is 0 Å².